The monoisotopic (exact) mass is 284 g/mol. The Kier molecular flexibility index (Phi) is 4.82. The van der Waals surface area contributed by atoms with Gasteiger partial charge in [0.25, 0.3) is 0 Å². The van der Waals surface area contributed by atoms with Crippen LogP contribution in [0.25, 0.3) is 0 Å². The van der Waals surface area contributed by atoms with Gasteiger partial charge in [-0.3, -0.25) is 11.3 Å². The van der Waals surface area contributed by atoms with E-state index < -0.39 is 0 Å². The Labute approximate surface area is 119 Å². The Morgan fingerprint density at radius 2 is 1.89 bits per heavy atom. The Morgan fingerprint density at radius 1 is 1.26 bits per heavy atom. The smallest absolute Gasteiger partial charge is 0.142 e. The molecule has 0 aliphatic heterocycles. The van der Waals surface area contributed by atoms with E-state index in [0.717, 1.165) is 18.4 Å². The third-order valence-electron chi connectivity index (χ3n) is 4.18. The molecule has 3 N–H and O–H groups in total. The Balaban J connectivity index is 2.26. The predicted molar refractivity (Wildman–Crippen MR) is 77.1 cm³/mol. The Hall–Kier alpha value is -0.640. The molecule has 1 fully saturated rings. The molecule has 0 aromatic heterocycles. The standard InChI is InChI=1S/C15H22ClFN2/c1-9-6-10(2)8-11(7-9)15(19-18)12-4-3-5-13(17)14(12)16/h3-5,9-11,15,19H,6-8,18H2,1-2H3. The topological polar surface area (TPSA) is 38.0 Å². The largest absolute Gasteiger partial charge is 0.271 e. The van der Waals surface area contributed by atoms with Gasteiger partial charge in [0.05, 0.1) is 11.1 Å². The zero-order chi connectivity index (χ0) is 14.0. The average Bonchev–Trinajstić information content (AvgIpc) is 2.34. The summed E-state index contributed by atoms with van der Waals surface area (Å²) in [6, 6.07) is 4.86. The molecule has 106 valence electrons. The summed E-state index contributed by atoms with van der Waals surface area (Å²) in [5, 5.41) is 0.191. The van der Waals surface area contributed by atoms with Gasteiger partial charge in [-0.05, 0) is 48.6 Å². The van der Waals surface area contributed by atoms with Crippen LogP contribution in [0.5, 0.6) is 0 Å². The van der Waals surface area contributed by atoms with Gasteiger partial charge in [0.15, 0.2) is 0 Å². The number of halogens is 2. The molecule has 1 aliphatic carbocycles. The maximum Gasteiger partial charge on any atom is 0.142 e. The fourth-order valence-electron chi connectivity index (χ4n) is 3.52. The molecule has 0 spiro atoms. The molecule has 0 saturated heterocycles. The summed E-state index contributed by atoms with van der Waals surface area (Å²) in [4.78, 5) is 0. The van der Waals surface area contributed by atoms with Crippen molar-refractivity contribution >= 4 is 11.6 Å². The van der Waals surface area contributed by atoms with Gasteiger partial charge in [-0.1, -0.05) is 37.6 Å². The molecule has 0 amide bonds. The quantitative estimate of drug-likeness (QED) is 0.649. The van der Waals surface area contributed by atoms with Gasteiger partial charge in [-0.25, -0.2) is 4.39 Å². The average molecular weight is 285 g/mol. The summed E-state index contributed by atoms with van der Waals surface area (Å²) >= 11 is 6.09. The van der Waals surface area contributed by atoms with Crippen molar-refractivity contribution in [1.82, 2.24) is 5.43 Å². The zero-order valence-electron chi connectivity index (χ0n) is 11.5. The van der Waals surface area contributed by atoms with E-state index >= 15 is 0 Å². The van der Waals surface area contributed by atoms with Crippen LogP contribution in [0.1, 0.15) is 44.7 Å². The van der Waals surface area contributed by atoms with Gasteiger partial charge < -0.3 is 0 Å². The highest BCUT2D eigenvalue weighted by Gasteiger charge is 2.31. The van der Waals surface area contributed by atoms with E-state index in [1.54, 1.807) is 6.07 Å². The van der Waals surface area contributed by atoms with Gasteiger partial charge >= 0.3 is 0 Å². The normalized spacial score (nSPS) is 29.2. The number of hydrogen-bond acceptors (Lipinski definition) is 2. The fourth-order valence-corrected chi connectivity index (χ4v) is 3.77. The highest BCUT2D eigenvalue weighted by molar-refractivity contribution is 6.31. The molecule has 0 bridgehead atoms. The van der Waals surface area contributed by atoms with Crippen LogP contribution >= 0.6 is 11.6 Å². The lowest BCUT2D eigenvalue weighted by molar-refractivity contribution is 0.177. The maximum absolute atomic E-state index is 13.6. The van der Waals surface area contributed by atoms with E-state index in [1.165, 1.54) is 12.5 Å². The number of nitrogens with two attached hydrogens (primary N) is 1. The molecule has 3 atom stereocenters. The minimum absolute atomic E-state index is 0.0756. The number of hydrogen-bond donors (Lipinski definition) is 2. The minimum Gasteiger partial charge on any atom is -0.271 e. The number of rotatable bonds is 3. The van der Waals surface area contributed by atoms with Crippen LogP contribution in [-0.4, -0.2) is 0 Å². The molecule has 2 nitrogen and oxygen atoms in total. The van der Waals surface area contributed by atoms with Crippen LogP contribution in [-0.2, 0) is 0 Å². The molecule has 19 heavy (non-hydrogen) atoms. The van der Waals surface area contributed by atoms with Crippen molar-refractivity contribution in [2.75, 3.05) is 0 Å². The van der Waals surface area contributed by atoms with Crippen molar-refractivity contribution in [1.29, 1.82) is 0 Å². The molecule has 1 aromatic carbocycles. The maximum atomic E-state index is 13.6. The summed E-state index contributed by atoms with van der Waals surface area (Å²) in [6.45, 7) is 4.53. The molecular weight excluding hydrogens is 263 g/mol. The summed E-state index contributed by atoms with van der Waals surface area (Å²) in [5.74, 6) is 7.10. The Morgan fingerprint density at radius 3 is 2.47 bits per heavy atom. The molecule has 4 heteroatoms. The summed E-state index contributed by atoms with van der Waals surface area (Å²) < 4.78 is 13.6. The number of benzene rings is 1. The van der Waals surface area contributed by atoms with Crippen LogP contribution in [0.15, 0.2) is 18.2 Å². The van der Waals surface area contributed by atoms with Crippen LogP contribution in [0.3, 0.4) is 0 Å². The van der Waals surface area contributed by atoms with Crippen LogP contribution < -0.4 is 11.3 Å². The second-order valence-corrected chi connectivity index (χ2v) is 6.34. The molecule has 0 radical (unpaired) electrons. The van der Waals surface area contributed by atoms with Gasteiger partial charge in [-0.2, -0.15) is 0 Å². The van der Waals surface area contributed by atoms with Crippen molar-refractivity contribution in [3.8, 4) is 0 Å². The van der Waals surface area contributed by atoms with Gasteiger partial charge in [0, 0.05) is 0 Å². The molecule has 3 unspecified atom stereocenters. The summed E-state index contributed by atoms with van der Waals surface area (Å²) in [7, 11) is 0. The lowest BCUT2D eigenvalue weighted by atomic mass is 9.72. The van der Waals surface area contributed by atoms with Crippen molar-refractivity contribution in [3.63, 3.8) is 0 Å². The fraction of sp³-hybridized carbons (Fsp3) is 0.600. The minimum atomic E-state index is -0.378. The van der Waals surface area contributed by atoms with Gasteiger partial charge in [0.2, 0.25) is 0 Å². The highest BCUT2D eigenvalue weighted by Crippen LogP contribution is 2.41. The second kappa shape index (κ2) is 6.21. The van der Waals surface area contributed by atoms with Gasteiger partial charge in [-0.15, -0.1) is 0 Å². The van der Waals surface area contributed by atoms with Crippen molar-refractivity contribution in [2.24, 2.45) is 23.6 Å². The molecule has 1 aliphatic rings. The number of nitrogens with one attached hydrogen (secondary N) is 1. The first-order valence-electron chi connectivity index (χ1n) is 6.93. The van der Waals surface area contributed by atoms with Crippen LogP contribution in [0, 0.1) is 23.6 Å². The first-order valence-corrected chi connectivity index (χ1v) is 7.30. The van der Waals surface area contributed by atoms with E-state index in [1.807, 2.05) is 6.07 Å². The molecule has 1 saturated carbocycles. The van der Waals surface area contributed by atoms with E-state index in [-0.39, 0.29) is 16.9 Å². The first-order chi connectivity index (χ1) is 9.02. The van der Waals surface area contributed by atoms with Crippen molar-refractivity contribution in [2.45, 2.75) is 39.2 Å². The van der Waals surface area contributed by atoms with E-state index in [2.05, 4.69) is 19.3 Å². The van der Waals surface area contributed by atoms with E-state index in [0.29, 0.717) is 17.8 Å². The Bertz CT molecular complexity index is 428. The second-order valence-electron chi connectivity index (χ2n) is 5.96. The third kappa shape index (κ3) is 3.28. The number of hydrazine groups is 1. The molecule has 0 heterocycles. The van der Waals surface area contributed by atoms with Gasteiger partial charge in [0.1, 0.15) is 5.82 Å². The third-order valence-corrected chi connectivity index (χ3v) is 4.58. The zero-order valence-corrected chi connectivity index (χ0v) is 12.3. The molecule has 2 rings (SSSR count). The lowest BCUT2D eigenvalue weighted by Gasteiger charge is -2.36. The van der Waals surface area contributed by atoms with E-state index in [4.69, 9.17) is 17.4 Å². The van der Waals surface area contributed by atoms with Crippen LogP contribution in [0.2, 0.25) is 5.02 Å². The SMILES string of the molecule is CC1CC(C)CC(C(NN)c2cccc(F)c2Cl)C1. The summed E-state index contributed by atoms with van der Waals surface area (Å²) in [6.07, 6.45) is 3.46. The predicted octanol–water partition coefficient (Wildman–Crippen LogP) is 4.06. The molecule has 1 aromatic rings. The summed E-state index contributed by atoms with van der Waals surface area (Å²) in [5.41, 5.74) is 3.62. The highest BCUT2D eigenvalue weighted by atomic mass is 35.5. The van der Waals surface area contributed by atoms with Crippen molar-refractivity contribution < 1.29 is 4.39 Å². The van der Waals surface area contributed by atoms with E-state index in [9.17, 15) is 4.39 Å². The van der Waals surface area contributed by atoms with Crippen molar-refractivity contribution in [3.05, 3.63) is 34.6 Å². The lowest BCUT2D eigenvalue weighted by Crippen LogP contribution is -2.37. The van der Waals surface area contributed by atoms with Crippen LogP contribution in [0.4, 0.5) is 4.39 Å². The molecular formula is C15H22ClFN2. The first kappa shape index (κ1) is 14.8.